The van der Waals surface area contributed by atoms with Gasteiger partial charge in [0.1, 0.15) is 0 Å². The zero-order valence-electron chi connectivity index (χ0n) is 12.8. The van der Waals surface area contributed by atoms with Gasteiger partial charge in [-0.2, -0.15) is 10.2 Å². The van der Waals surface area contributed by atoms with E-state index in [-0.39, 0.29) is 0 Å². The molecule has 1 saturated heterocycles. The molecule has 0 N–H and O–H groups in total. The smallest absolute Gasteiger partial charge is 0.155 e. The Balaban J connectivity index is 1.63. The van der Waals surface area contributed by atoms with Crippen LogP contribution in [-0.4, -0.2) is 35.8 Å². The van der Waals surface area contributed by atoms with E-state index in [1.807, 2.05) is 34.7 Å². The maximum Gasteiger partial charge on any atom is 0.155 e. The molecule has 6 nitrogen and oxygen atoms in total. The van der Waals surface area contributed by atoms with Gasteiger partial charge < -0.3 is 0 Å². The first-order chi connectivity index (χ1) is 10.8. The number of nitrogens with zero attached hydrogens (tertiary/aromatic N) is 6. The van der Waals surface area contributed by atoms with Crippen LogP contribution in [0.1, 0.15) is 36.7 Å². The highest BCUT2D eigenvalue weighted by atomic mass is 15.3. The van der Waals surface area contributed by atoms with Crippen molar-refractivity contribution in [1.29, 1.82) is 0 Å². The molecule has 1 fully saturated rings. The Labute approximate surface area is 129 Å². The third-order valence-corrected chi connectivity index (χ3v) is 4.52. The predicted octanol–water partition coefficient (Wildman–Crippen LogP) is 2.19. The minimum Gasteiger partial charge on any atom is -0.289 e. The summed E-state index contributed by atoms with van der Waals surface area (Å²) in [5, 5.41) is 8.50. The summed E-state index contributed by atoms with van der Waals surface area (Å²) >= 11 is 0. The standard InChI is InChI=1S/C16H20N6/c1-20-13(5-8-17-20)12-21-10-3-2-4-15(21)14-7-11-22-16(19-14)6-9-18-22/h5-9,11,15H,2-4,10,12H2,1H3/t15-/m0/s1. The number of rotatable bonds is 3. The lowest BCUT2D eigenvalue weighted by Crippen LogP contribution is -2.34. The van der Waals surface area contributed by atoms with E-state index in [1.165, 1.54) is 18.5 Å². The number of likely N-dealkylation sites (tertiary alicyclic amines) is 1. The van der Waals surface area contributed by atoms with Crippen LogP contribution in [0.5, 0.6) is 0 Å². The highest BCUT2D eigenvalue weighted by molar-refractivity contribution is 5.37. The van der Waals surface area contributed by atoms with E-state index in [0.717, 1.165) is 30.9 Å². The lowest BCUT2D eigenvalue weighted by atomic mass is 9.99. The molecule has 1 aliphatic heterocycles. The summed E-state index contributed by atoms with van der Waals surface area (Å²) in [6.45, 7) is 2.04. The zero-order chi connectivity index (χ0) is 14.9. The molecule has 0 spiro atoms. The Kier molecular flexibility index (Phi) is 3.38. The largest absolute Gasteiger partial charge is 0.289 e. The van der Waals surface area contributed by atoms with E-state index in [1.54, 1.807) is 6.20 Å². The molecule has 0 aliphatic carbocycles. The molecule has 1 atom stereocenters. The van der Waals surface area contributed by atoms with E-state index in [0.29, 0.717) is 6.04 Å². The summed E-state index contributed by atoms with van der Waals surface area (Å²) in [7, 11) is 2.00. The molecule has 4 rings (SSSR count). The van der Waals surface area contributed by atoms with Crippen LogP contribution >= 0.6 is 0 Å². The summed E-state index contributed by atoms with van der Waals surface area (Å²) in [5.74, 6) is 0. The number of aryl methyl sites for hydroxylation is 1. The highest BCUT2D eigenvalue weighted by Crippen LogP contribution is 2.31. The Morgan fingerprint density at radius 1 is 1.14 bits per heavy atom. The molecule has 0 aromatic carbocycles. The van der Waals surface area contributed by atoms with Gasteiger partial charge in [-0.25, -0.2) is 9.50 Å². The van der Waals surface area contributed by atoms with Gasteiger partial charge in [-0.1, -0.05) is 6.42 Å². The fourth-order valence-corrected chi connectivity index (χ4v) is 3.29. The van der Waals surface area contributed by atoms with E-state index < -0.39 is 0 Å². The molecule has 0 radical (unpaired) electrons. The van der Waals surface area contributed by atoms with Gasteiger partial charge in [0.25, 0.3) is 0 Å². The van der Waals surface area contributed by atoms with Gasteiger partial charge in [0, 0.05) is 32.1 Å². The molecule has 0 bridgehead atoms. The number of hydrogen-bond acceptors (Lipinski definition) is 4. The van der Waals surface area contributed by atoms with Crippen molar-refractivity contribution in [2.45, 2.75) is 31.8 Å². The van der Waals surface area contributed by atoms with E-state index >= 15 is 0 Å². The number of fused-ring (bicyclic) bond motifs is 1. The SMILES string of the molecule is Cn1nccc1CN1CCCC[C@H]1c1ccn2nccc2n1. The van der Waals surface area contributed by atoms with Gasteiger partial charge >= 0.3 is 0 Å². The third kappa shape index (κ3) is 2.39. The van der Waals surface area contributed by atoms with Crippen molar-refractivity contribution in [1.82, 2.24) is 29.3 Å². The van der Waals surface area contributed by atoms with Crippen molar-refractivity contribution in [3.8, 4) is 0 Å². The summed E-state index contributed by atoms with van der Waals surface area (Å²) in [4.78, 5) is 7.32. The molecule has 0 amide bonds. The molecular formula is C16H20N6. The molecule has 3 aromatic heterocycles. The summed E-state index contributed by atoms with van der Waals surface area (Å²) < 4.78 is 3.77. The normalized spacial score (nSPS) is 19.8. The van der Waals surface area contributed by atoms with Crippen LogP contribution in [0, 0.1) is 0 Å². The van der Waals surface area contributed by atoms with Crippen molar-refractivity contribution in [3.05, 3.63) is 48.2 Å². The van der Waals surface area contributed by atoms with Crippen molar-refractivity contribution in [3.63, 3.8) is 0 Å². The maximum absolute atomic E-state index is 4.80. The topological polar surface area (TPSA) is 51.2 Å². The lowest BCUT2D eigenvalue weighted by molar-refractivity contribution is 0.134. The van der Waals surface area contributed by atoms with Crippen LogP contribution in [0.15, 0.2) is 36.8 Å². The van der Waals surface area contributed by atoms with Crippen molar-refractivity contribution >= 4 is 5.65 Å². The Morgan fingerprint density at radius 3 is 2.91 bits per heavy atom. The third-order valence-electron chi connectivity index (χ3n) is 4.52. The lowest BCUT2D eigenvalue weighted by Gasteiger charge is -2.35. The van der Waals surface area contributed by atoms with Gasteiger partial charge in [-0.3, -0.25) is 9.58 Å². The van der Waals surface area contributed by atoms with E-state index in [4.69, 9.17) is 4.98 Å². The van der Waals surface area contributed by atoms with Gasteiger partial charge in [-0.15, -0.1) is 0 Å². The molecule has 0 saturated carbocycles. The zero-order valence-corrected chi connectivity index (χ0v) is 12.8. The molecule has 3 aromatic rings. The van der Waals surface area contributed by atoms with Gasteiger partial charge in [-0.05, 0) is 31.5 Å². The molecule has 1 aliphatic rings. The first-order valence-electron chi connectivity index (χ1n) is 7.82. The van der Waals surface area contributed by atoms with Crippen molar-refractivity contribution in [2.24, 2.45) is 7.05 Å². The Morgan fingerprint density at radius 2 is 2.05 bits per heavy atom. The fourth-order valence-electron chi connectivity index (χ4n) is 3.29. The predicted molar refractivity (Wildman–Crippen MR) is 83.2 cm³/mol. The van der Waals surface area contributed by atoms with Crippen LogP contribution in [0.25, 0.3) is 5.65 Å². The number of aromatic nitrogens is 5. The van der Waals surface area contributed by atoms with Crippen molar-refractivity contribution < 1.29 is 0 Å². The summed E-state index contributed by atoms with van der Waals surface area (Å²) in [6.07, 6.45) is 9.34. The first-order valence-corrected chi connectivity index (χ1v) is 7.82. The molecule has 114 valence electrons. The number of piperidine rings is 1. The van der Waals surface area contributed by atoms with Crippen molar-refractivity contribution in [2.75, 3.05) is 6.54 Å². The number of hydrogen-bond donors (Lipinski definition) is 0. The van der Waals surface area contributed by atoms with Crippen LogP contribution in [0.3, 0.4) is 0 Å². The average molecular weight is 296 g/mol. The monoisotopic (exact) mass is 296 g/mol. The van der Waals surface area contributed by atoms with Crippen LogP contribution in [-0.2, 0) is 13.6 Å². The second-order valence-corrected chi connectivity index (χ2v) is 5.91. The summed E-state index contributed by atoms with van der Waals surface area (Å²) in [5.41, 5.74) is 3.32. The second-order valence-electron chi connectivity index (χ2n) is 5.91. The van der Waals surface area contributed by atoms with E-state index in [2.05, 4.69) is 27.2 Å². The minimum absolute atomic E-state index is 0.378. The molecular weight excluding hydrogens is 276 g/mol. The molecule has 0 unspecified atom stereocenters. The summed E-state index contributed by atoms with van der Waals surface area (Å²) in [6, 6.07) is 6.53. The Bertz CT molecular complexity index is 774. The van der Waals surface area contributed by atoms with Crippen LogP contribution in [0.2, 0.25) is 0 Å². The Hall–Kier alpha value is -2.21. The average Bonchev–Trinajstić information content (AvgIpc) is 3.16. The van der Waals surface area contributed by atoms with Gasteiger partial charge in [0.05, 0.1) is 23.6 Å². The molecule has 4 heterocycles. The molecule has 22 heavy (non-hydrogen) atoms. The van der Waals surface area contributed by atoms with E-state index in [9.17, 15) is 0 Å². The fraction of sp³-hybridized carbons (Fsp3) is 0.438. The molecule has 6 heteroatoms. The van der Waals surface area contributed by atoms with Crippen LogP contribution in [0.4, 0.5) is 0 Å². The van der Waals surface area contributed by atoms with Gasteiger partial charge in [0.2, 0.25) is 0 Å². The quantitative estimate of drug-likeness (QED) is 0.743. The maximum atomic E-state index is 4.80. The first kappa shape index (κ1) is 13.5. The van der Waals surface area contributed by atoms with Crippen LogP contribution < -0.4 is 0 Å². The second kappa shape index (κ2) is 5.53. The highest BCUT2D eigenvalue weighted by Gasteiger charge is 2.26. The van der Waals surface area contributed by atoms with Gasteiger partial charge in [0.15, 0.2) is 5.65 Å². The minimum atomic E-state index is 0.378.